The Kier molecular flexibility index (Phi) is 8.64. The molecule has 1 aromatic carbocycles. The standard InChI is InChI=1S/C25H35N5O3S/c1-3-28-12-7-8-19(28)16-26-25(32)24-21-17-29(13-11-22(21)30(27-24)14-15-33-2)23(31)18-34-20-9-5-4-6-10-20/h4-6,9-10,19H,3,7-8,11-18H2,1-2H3,(H,26,32). The molecule has 1 unspecified atom stereocenters. The van der Waals surface area contributed by atoms with E-state index >= 15 is 0 Å². The predicted octanol–water partition coefficient (Wildman–Crippen LogP) is 2.42. The minimum Gasteiger partial charge on any atom is -0.383 e. The molecule has 0 radical (unpaired) electrons. The quantitative estimate of drug-likeness (QED) is 0.521. The van der Waals surface area contributed by atoms with Crippen molar-refractivity contribution < 1.29 is 14.3 Å². The molecular weight excluding hydrogens is 450 g/mol. The minimum absolute atomic E-state index is 0.0834. The van der Waals surface area contributed by atoms with Crippen LogP contribution in [0.3, 0.4) is 0 Å². The molecule has 2 amide bonds. The average Bonchev–Trinajstić information content (AvgIpc) is 3.49. The molecule has 184 valence electrons. The van der Waals surface area contributed by atoms with Gasteiger partial charge in [0.05, 0.1) is 18.9 Å². The van der Waals surface area contributed by atoms with Crippen LogP contribution in [0.15, 0.2) is 35.2 Å². The largest absolute Gasteiger partial charge is 0.383 e. The van der Waals surface area contributed by atoms with Gasteiger partial charge in [-0.15, -0.1) is 11.8 Å². The average molecular weight is 486 g/mol. The normalized spacial score (nSPS) is 18.2. The van der Waals surface area contributed by atoms with E-state index in [2.05, 4.69) is 22.2 Å². The van der Waals surface area contributed by atoms with E-state index in [9.17, 15) is 9.59 Å². The number of amides is 2. The summed E-state index contributed by atoms with van der Waals surface area (Å²) in [6, 6.07) is 10.3. The number of carbonyl (C=O) groups excluding carboxylic acids is 2. The van der Waals surface area contributed by atoms with Crippen molar-refractivity contribution in [2.45, 2.75) is 50.2 Å². The summed E-state index contributed by atoms with van der Waals surface area (Å²) in [6.45, 7) is 7.06. The van der Waals surface area contributed by atoms with Crippen molar-refractivity contribution in [3.05, 3.63) is 47.3 Å². The van der Waals surface area contributed by atoms with Crippen molar-refractivity contribution in [2.75, 3.05) is 45.6 Å². The summed E-state index contributed by atoms with van der Waals surface area (Å²) in [6.07, 6.45) is 2.97. The maximum Gasteiger partial charge on any atom is 0.272 e. The molecule has 0 bridgehead atoms. The SMILES string of the molecule is CCN1CCCC1CNC(=O)c1nn(CCOC)c2c1CN(C(=O)CSc1ccccc1)CC2. The number of hydrogen-bond acceptors (Lipinski definition) is 6. The summed E-state index contributed by atoms with van der Waals surface area (Å²) in [4.78, 5) is 31.5. The molecule has 1 N–H and O–H groups in total. The molecule has 2 aromatic rings. The van der Waals surface area contributed by atoms with Crippen molar-refractivity contribution >= 4 is 23.6 Å². The van der Waals surface area contributed by atoms with Crippen LogP contribution >= 0.6 is 11.8 Å². The van der Waals surface area contributed by atoms with E-state index in [0.717, 1.165) is 35.7 Å². The number of nitrogens with one attached hydrogen (secondary N) is 1. The van der Waals surface area contributed by atoms with E-state index in [1.54, 1.807) is 18.9 Å². The maximum absolute atomic E-state index is 13.2. The predicted molar refractivity (Wildman–Crippen MR) is 133 cm³/mol. The third-order valence-electron chi connectivity index (χ3n) is 6.72. The Morgan fingerprint density at radius 1 is 1.24 bits per heavy atom. The molecule has 1 saturated heterocycles. The molecule has 34 heavy (non-hydrogen) atoms. The lowest BCUT2D eigenvalue weighted by Crippen LogP contribution is -2.41. The van der Waals surface area contributed by atoms with Crippen LogP contribution in [0.25, 0.3) is 0 Å². The molecule has 2 aliphatic heterocycles. The number of hydrogen-bond donors (Lipinski definition) is 1. The molecular formula is C25H35N5O3S. The molecule has 8 nitrogen and oxygen atoms in total. The van der Waals surface area contributed by atoms with E-state index in [0.29, 0.717) is 56.7 Å². The van der Waals surface area contributed by atoms with Crippen molar-refractivity contribution in [1.29, 1.82) is 0 Å². The van der Waals surface area contributed by atoms with Crippen LogP contribution in [0, 0.1) is 0 Å². The van der Waals surface area contributed by atoms with Gasteiger partial charge in [0.25, 0.3) is 5.91 Å². The highest BCUT2D eigenvalue weighted by Crippen LogP contribution is 2.25. The second-order valence-corrected chi connectivity index (χ2v) is 9.84. The summed E-state index contributed by atoms with van der Waals surface area (Å²) in [5, 5.41) is 7.79. The van der Waals surface area contributed by atoms with Crippen LogP contribution in [-0.2, 0) is 29.0 Å². The Labute approximate surface area is 206 Å². The molecule has 1 fully saturated rings. The zero-order chi connectivity index (χ0) is 23.9. The first-order chi connectivity index (χ1) is 16.6. The summed E-state index contributed by atoms with van der Waals surface area (Å²) in [7, 11) is 1.66. The van der Waals surface area contributed by atoms with Gasteiger partial charge in [0, 0.05) is 55.4 Å². The summed E-state index contributed by atoms with van der Waals surface area (Å²) in [5.41, 5.74) is 2.36. The highest BCUT2D eigenvalue weighted by Gasteiger charge is 2.31. The van der Waals surface area contributed by atoms with E-state index < -0.39 is 0 Å². The van der Waals surface area contributed by atoms with Crippen LogP contribution < -0.4 is 5.32 Å². The first-order valence-electron chi connectivity index (χ1n) is 12.2. The number of aromatic nitrogens is 2. The fourth-order valence-electron chi connectivity index (χ4n) is 4.84. The Hall–Kier alpha value is -2.36. The van der Waals surface area contributed by atoms with Crippen LogP contribution in [0.5, 0.6) is 0 Å². The fraction of sp³-hybridized carbons (Fsp3) is 0.560. The zero-order valence-electron chi connectivity index (χ0n) is 20.2. The number of likely N-dealkylation sites (N-methyl/N-ethyl adjacent to an activating group) is 1. The van der Waals surface area contributed by atoms with Crippen molar-refractivity contribution in [3.8, 4) is 0 Å². The number of ether oxygens (including phenoxy) is 1. The molecule has 4 rings (SSSR count). The van der Waals surface area contributed by atoms with Gasteiger partial charge in [0.15, 0.2) is 5.69 Å². The van der Waals surface area contributed by atoms with E-state index in [4.69, 9.17) is 4.74 Å². The molecule has 0 saturated carbocycles. The number of carbonyl (C=O) groups is 2. The monoisotopic (exact) mass is 485 g/mol. The smallest absolute Gasteiger partial charge is 0.272 e. The number of thioether (sulfide) groups is 1. The van der Waals surface area contributed by atoms with Gasteiger partial charge in [-0.25, -0.2) is 0 Å². The van der Waals surface area contributed by atoms with Crippen LogP contribution in [0.4, 0.5) is 0 Å². The van der Waals surface area contributed by atoms with Crippen LogP contribution in [0.1, 0.15) is 41.5 Å². The second-order valence-electron chi connectivity index (χ2n) is 8.79. The van der Waals surface area contributed by atoms with Crippen LogP contribution in [0.2, 0.25) is 0 Å². The first-order valence-corrected chi connectivity index (χ1v) is 13.1. The van der Waals surface area contributed by atoms with E-state index in [1.165, 1.54) is 6.42 Å². The molecule has 0 spiro atoms. The Morgan fingerprint density at radius 3 is 2.82 bits per heavy atom. The van der Waals surface area contributed by atoms with Gasteiger partial charge in [0.1, 0.15) is 0 Å². The third-order valence-corrected chi connectivity index (χ3v) is 7.71. The number of benzene rings is 1. The lowest BCUT2D eigenvalue weighted by atomic mass is 10.0. The molecule has 1 aromatic heterocycles. The summed E-state index contributed by atoms with van der Waals surface area (Å²) < 4.78 is 7.14. The molecule has 2 aliphatic rings. The van der Waals surface area contributed by atoms with Gasteiger partial charge in [-0.2, -0.15) is 5.10 Å². The first kappa shape index (κ1) is 24.8. The van der Waals surface area contributed by atoms with Gasteiger partial charge < -0.3 is 15.0 Å². The van der Waals surface area contributed by atoms with Gasteiger partial charge in [-0.3, -0.25) is 19.2 Å². The van der Waals surface area contributed by atoms with Crippen molar-refractivity contribution in [1.82, 2.24) is 24.9 Å². The van der Waals surface area contributed by atoms with Gasteiger partial charge in [-0.05, 0) is 38.1 Å². The molecule has 0 aliphatic carbocycles. The van der Waals surface area contributed by atoms with Crippen molar-refractivity contribution in [3.63, 3.8) is 0 Å². The van der Waals surface area contributed by atoms with Crippen LogP contribution in [-0.4, -0.2) is 83.1 Å². The number of likely N-dealkylation sites (tertiary alicyclic amines) is 1. The fourth-order valence-corrected chi connectivity index (χ4v) is 5.66. The lowest BCUT2D eigenvalue weighted by Gasteiger charge is -2.28. The maximum atomic E-state index is 13.2. The zero-order valence-corrected chi connectivity index (χ0v) is 21.0. The molecule has 3 heterocycles. The van der Waals surface area contributed by atoms with E-state index in [1.807, 2.05) is 39.9 Å². The van der Waals surface area contributed by atoms with Gasteiger partial charge in [-0.1, -0.05) is 25.1 Å². The summed E-state index contributed by atoms with van der Waals surface area (Å²) in [5.74, 6) is 0.316. The van der Waals surface area contributed by atoms with Gasteiger partial charge in [0.2, 0.25) is 5.91 Å². The summed E-state index contributed by atoms with van der Waals surface area (Å²) >= 11 is 1.54. The minimum atomic E-state index is -0.150. The Morgan fingerprint density at radius 2 is 2.06 bits per heavy atom. The van der Waals surface area contributed by atoms with Crippen molar-refractivity contribution in [2.24, 2.45) is 0 Å². The third kappa shape index (κ3) is 5.82. The number of fused-ring (bicyclic) bond motifs is 1. The molecule has 9 heteroatoms. The molecule has 1 atom stereocenters. The topological polar surface area (TPSA) is 79.7 Å². The van der Waals surface area contributed by atoms with Gasteiger partial charge >= 0.3 is 0 Å². The highest BCUT2D eigenvalue weighted by molar-refractivity contribution is 8.00. The second kappa shape index (κ2) is 11.9. The number of methoxy groups -OCH3 is 1. The Bertz CT molecular complexity index is 980. The highest BCUT2D eigenvalue weighted by atomic mass is 32.2. The Balaban J connectivity index is 1.45. The number of nitrogens with zero attached hydrogens (tertiary/aromatic N) is 4. The number of rotatable bonds is 10. The lowest BCUT2D eigenvalue weighted by molar-refractivity contribution is -0.129. The van der Waals surface area contributed by atoms with E-state index in [-0.39, 0.29) is 11.8 Å².